The summed E-state index contributed by atoms with van der Waals surface area (Å²) < 4.78 is 50.6. The lowest BCUT2D eigenvalue weighted by Gasteiger charge is -2.10. The number of methoxy groups -OCH3 is 1. The lowest BCUT2D eigenvalue weighted by molar-refractivity contribution is -0.274. The lowest BCUT2D eigenvalue weighted by Crippen LogP contribution is -2.16. The SMILES string of the molecule is COCCOC(=O)c1ccc(-c2ccc(-c3ccc(OC(F)(F)F)cc3)cc2)cc1. The van der Waals surface area contributed by atoms with Gasteiger partial charge in [0.25, 0.3) is 0 Å². The van der Waals surface area contributed by atoms with Crippen LogP contribution >= 0.6 is 0 Å². The van der Waals surface area contributed by atoms with Gasteiger partial charge in [-0.2, -0.15) is 0 Å². The van der Waals surface area contributed by atoms with Gasteiger partial charge < -0.3 is 14.2 Å². The number of ether oxygens (including phenoxy) is 3. The molecule has 30 heavy (non-hydrogen) atoms. The number of esters is 1. The van der Waals surface area contributed by atoms with Gasteiger partial charge in [-0.05, 0) is 46.5 Å². The Balaban J connectivity index is 1.67. The zero-order valence-corrected chi connectivity index (χ0v) is 16.1. The predicted molar refractivity (Wildman–Crippen MR) is 106 cm³/mol. The van der Waals surface area contributed by atoms with E-state index in [1.54, 1.807) is 24.3 Å². The summed E-state index contributed by atoms with van der Waals surface area (Å²) in [6.07, 6.45) is -4.71. The van der Waals surface area contributed by atoms with E-state index >= 15 is 0 Å². The number of carbonyl (C=O) groups excluding carboxylic acids is 1. The lowest BCUT2D eigenvalue weighted by atomic mass is 9.99. The molecule has 0 heterocycles. The average Bonchev–Trinajstić information content (AvgIpc) is 2.73. The van der Waals surface area contributed by atoms with Crippen LogP contribution in [0.4, 0.5) is 13.2 Å². The molecule has 0 radical (unpaired) electrons. The first-order chi connectivity index (χ1) is 14.4. The summed E-state index contributed by atoms with van der Waals surface area (Å²) >= 11 is 0. The van der Waals surface area contributed by atoms with Crippen LogP contribution in [0.1, 0.15) is 10.4 Å². The van der Waals surface area contributed by atoms with Gasteiger partial charge in [-0.3, -0.25) is 0 Å². The van der Waals surface area contributed by atoms with E-state index in [1.807, 2.05) is 36.4 Å². The van der Waals surface area contributed by atoms with Crippen molar-refractivity contribution in [1.29, 1.82) is 0 Å². The Morgan fingerprint density at radius 3 is 1.60 bits per heavy atom. The van der Waals surface area contributed by atoms with E-state index in [0.717, 1.165) is 22.3 Å². The smallest absolute Gasteiger partial charge is 0.460 e. The fourth-order valence-electron chi connectivity index (χ4n) is 2.80. The molecule has 0 aliphatic rings. The Labute approximate surface area is 171 Å². The van der Waals surface area contributed by atoms with Crippen LogP contribution in [-0.2, 0) is 9.47 Å². The fraction of sp³-hybridized carbons (Fsp3) is 0.174. The van der Waals surface area contributed by atoms with Crippen molar-refractivity contribution in [1.82, 2.24) is 0 Å². The van der Waals surface area contributed by atoms with Crippen LogP contribution in [0, 0.1) is 0 Å². The minimum atomic E-state index is -4.71. The van der Waals surface area contributed by atoms with E-state index in [9.17, 15) is 18.0 Å². The molecule has 4 nitrogen and oxygen atoms in total. The first-order valence-electron chi connectivity index (χ1n) is 9.08. The highest BCUT2D eigenvalue weighted by molar-refractivity contribution is 5.90. The summed E-state index contributed by atoms with van der Waals surface area (Å²) in [6.45, 7) is 0.538. The molecule has 0 aliphatic heterocycles. The molecule has 0 atom stereocenters. The van der Waals surface area contributed by atoms with Crippen LogP contribution in [0.5, 0.6) is 5.75 Å². The Hall–Kier alpha value is -3.32. The highest BCUT2D eigenvalue weighted by atomic mass is 19.4. The molecule has 156 valence electrons. The Morgan fingerprint density at radius 1 is 0.733 bits per heavy atom. The molecule has 0 saturated heterocycles. The van der Waals surface area contributed by atoms with Crippen molar-refractivity contribution in [3.63, 3.8) is 0 Å². The second-order valence-electron chi connectivity index (χ2n) is 6.36. The Morgan fingerprint density at radius 2 is 1.17 bits per heavy atom. The van der Waals surface area contributed by atoms with Crippen LogP contribution in [0.25, 0.3) is 22.3 Å². The monoisotopic (exact) mass is 416 g/mol. The summed E-state index contributed by atoms with van der Waals surface area (Å²) in [5.41, 5.74) is 3.94. The number of halogens is 3. The fourth-order valence-corrected chi connectivity index (χ4v) is 2.80. The first kappa shape index (κ1) is 21.4. The molecule has 0 amide bonds. The van der Waals surface area contributed by atoms with Gasteiger partial charge in [0.2, 0.25) is 0 Å². The van der Waals surface area contributed by atoms with Gasteiger partial charge in [0.05, 0.1) is 12.2 Å². The molecule has 0 N–H and O–H groups in total. The Kier molecular flexibility index (Phi) is 6.74. The van der Waals surface area contributed by atoms with Crippen molar-refractivity contribution < 1.29 is 32.2 Å². The number of rotatable bonds is 7. The highest BCUT2D eigenvalue weighted by Gasteiger charge is 2.30. The molecule has 7 heteroatoms. The highest BCUT2D eigenvalue weighted by Crippen LogP contribution is 2.28. The van der Waals surface area contributed by atoms with E-state index in [2.05, 4.69) is 4.74 Å². The van der Waals surface area contributed by atoms with Crippen molar-refractivity contribution in [2.75, 3.05) is 20.3 Å². The summed E-state index contributed by atoms with van der Waals surface area (Å²) in [5, 5.41) is 0. The average molecular weight is 416 g/mol. The number of benzene rings is 3. The standard InChI is InChI=1S/C23H19F3O4/c1-28-14-15-29-22(27)20-8-6-18(7-9-20)16-2-4-17(5-3-16)19-10-12-21(13-11-19)30-23(24,25)26/h2-13H,14-15H2,1H3. The van der Waals surface area contributed by atoms with Crippen molar-refractivity contribution >= 4 is 5.97 Å². The van der Waals surface area contributed by atoms with Crippen LogP contribution in [-0.4, -0.2) is 32.7 Å². The van der Waals surface area contributed by atoms with Gasteiger partial charge in [-0.15, -0.1) is 13.2 Å². The number of carbonyl (C=O) groups is 1. The Bertz CT molecular complexity index is 963. The third kappa shape index (κ3) is 5.84. The van der Waals surface area contributed by atoms with E-state index < -0.39 is 12.3 Å². The van der Waals surface area contributed by atoms with E-state index in [1.165, 1.54) is 19.2 Å². The minimum absolute atomic E-state index is 0.196. The van der Waals surface area contributed by atoms with Crippen LogP contribution in [0.2, 0.25) is 0 Å². The zero-order chi connectivity index (χ0) is 21.6. The molecule has 3 aromatic rings. The van der Waals surface area contributed by atoms with Gasteiger partial charge in [0, 0.05) is 7.11 Å². The number of alkyl halides is 3. The van der Waals surface area contributed by atoms with Crippen LogP contribution in [0.3, 0.4) is 0 Å². The van der Waals surface area contributed by atoms with E-state index in [0.29, 0.717) is 12.2 Å². The van der Waals surface area contributed by atoms with Gasteiger partial charge in [-0.1, -0.05) is 48.5 Å². The third-order valence-corrected chi connectivity index (χ3v) is 4.28. The number of hydrogen-bond acceptors (Lipinski definition) is 4. The quantitative estimate of drug-likeness (QED) is 0.365. The van der Waals surface area contributed by atoms with Crippen molar-refractivity contribution in [2.45, 2.75) is 6.36 Å². The van der Waals surface area contributed by atoms with E-state index in [-0.39, 0.29) is 12.4 Å². The predicted octanol–water partition coefficient (Wildman–Crippen LogP) is 5.72. The number of hydrogen-bond donors (Lipinski definition) is 0. The third-order valence-electron chi connectivity index (χ3n) is 4.28. The first-order valence-corrected chi connectivity index (χ1v) is 9.08. The molecular formula is C23H19F3O4. The van der Waals surface area contributed by atoms with Crippen molar-refractivity contribution in [3.8, 4) is 28.0 Å². The molecule has 3 aromatic carbocycles. The molecule has 0 saturated carbocycles. The zero-order valence-electron chi connectivity index (χ0n) is 16.1. The van der Waals surface area contributed by atoms with Crippen molar-refractivity contribution in [2.24, 2.45) is 0 Å². The summed E-state index contributed by atoms with van der Waals surface area (Å²) in [6, 6.07) is 20.3. The maximum absolute atomic E-state index is 12.3. The maximum atomic E-state index is 12.3. The largest absolute Gasteiger partial charge is 0.573 e. The second kappa shape index (κ2) is 9.45. The molecule has 0 aromatic heterocycles. The maximum Gasteiger partial charge on any atom is 0.573 e. The molecule has 0 unspecified atom stereocenters. The summed E-state index contributed by atoms with van der Waals surface area (Å²) in [7, 11) is 1.53. The topological polar surface area (TPSA) is 44.8 Å². The van der Waals surface area contributed by atoms with Gasteiger partial charge >= 0.3 is 12.3 Å². The van der Waals surface area contributed by atoms with Gasteiger partial charge in [-0.25, -0.2) is 4.79 Å². The van der Waals surface area contributed by atoms with Gasteiger partial charge in [0.1, 0.15) is 12.4 Å². The summed E-state index contributed by atoms with van der Waals surface area (Å²) in [5.74, 6) is -0.671. The molecule has 0 spiro atoms. The van der Waals surface area contributed by atoms with Crippen molar-refractivity contribution in [3.05, 3.63) is 78.4 Å². The van der Waals surface area contributed by atoms with Crippen LogP contribution < -0.4 is 4.74 Å². The summed E-state index contributed by atoms with van der Waals surface area (Å²) in [4.78, 5) is 11.9. The second-order valence-corrected chi connectivity index (χ2v) is 6.36. The molecule has 0 fully saturated rings. The molecule has 3 rings (SSSR count). The van der Waals surface area contributed by atoms with E-state index in [4.69, 9.17) is 9.47 Å². The molecule has 0 bridgehead atoms. The van der Waals surface area contributed by atoms with Gasteiger partial charge in [0.15, 0.2) is 0 Å². The molecule has 0 aliphatic carbocycles. The molecular weight excluding hydrogens is 397 g/mol. The normalized spacial score (nSPS) is 11.2. The van der Waals surface area contributed by atoms with Crippen LogP contribution in [0.15, 0.2) is 72.8 Å². The minimum Gasteiger partial charge on any atom is -0.460 e.